The van der Waals surface area contributed by atoms with Gasteiger partial charge in [-0.2, -0.15) is 0 Å². The minimum atomic E-state index is -0.441. The Morgan fingerprint density at radius 3 is 2.40 bits per heavy atom. The molecule has 0 aliphatic carbocycles. The van der Waals surface area contributed by atoms with Crippen molar-refractivity contribution in [1.29, 1.82) is 0 Å². The Hall–Kier alpha value is -1.30. The van der Waals surface area contributed by atoms with Crippen molar-refractivity contribution < 1.29 is 14.4 Å². The predicted molar refractivity (Wildman–Crippen MR) is 82.0 cm³/mol. The first-order valence-corrected chi connectivity index (χ1v) is 7.65. The second kappa shape index (κ2) is 7.47. The highest BCUT2D eigenvalue weighted by molar-refractivity contribution is 9.09. The van der Waals surface area contributed by atoms with E-state index in [0.29, 0.717) is 18.1 Å². The van der Waals surface area contributed by atoms with Crippen LogP contribution in [0.5, 0.6) is 11.5 Å². The van der Waals surface area contributed by atoms with Crippen LogP contribution in [0.3, 0.4) is 0 Å². The lowest BCUT2D eigenvalue weighted by atomic mass is 9.86. The molecule has 0 radical (unpaired) electrons. The van der Waals surface area contributed by atoms with Crippen molar-refractivity contribution in [2.75, 3.05) is 19.0 Å². The maximum atomic E-state index is 10.8. The summed E-state index contributed by atoms with van der Waals surface area (Å²) in [5, 5.41) is 11.6. The molecule has 1 rings (SSSR count). The summed E-state index contributed by atoms with van der Waals surface area (Å²) in [6.07, 6.45) is 1.93. The zero-order chi connectivity index (χ0) is 15.2. The van der Waals surface area contributed by atoms with Crippen LogP contribution in [0.25, 0.3) is 0 Å². The van der Waals surface area contributed by atoms with Gasteiger partial charge >= 0.3 is 0 Å². The van der Waals surface area contributed by atoms with Crippen LogP contribution in [0.4, 0.5) is 5.69 Å². The summed E-state index contributed by atoms with van der Waals surface area (Å²) in [5.74, 6) is 0.917. The quantitative estimate of drug-likeness (QED) is 0.402. The van der Waals surface area contributed by atoms with Crippen molar-refractivity contribution in [3.05, 3.63) is 28.3 Å². The van der Waals surface area contributed by atoms with Gasteiger partial charge in [0.1, 0.15) is 0 Å². The topological polar surface area (TPSA) is 61.6 Å². The highest BCUT2D eigenvalue weighted by Crippen LogP contribution is 2.35. The number of alkyl halides is 1. The number of methoxy groups -OCH3 is 1. The molecule has 6 heteroatoms. The number of nitro groups is 1. The van der Waals surface area contributed by atoms with E-state index in [2.05, 4.69) is 29.8 Å². The molecule has 0 heterocycles. The van der Waals surface area contributed by atoms with Crippen LogP contribution in [0.1, 0.15) is 26.7 Å². The van der Waals surface area contributed by atoms with E-state index >= 15 is 0 Å². The summed E-state index contributed by atoms with van der Waals surface area (Å²) >= 11 is 3.52. The van der Waals surface area contributed by atoms with Crippen molar-refractivity contribution in [3.63, 3.8) is 0 Å². The number of ether oxygens (including phenoxy) is 2. The van der Waals surface area contributed by atoms with E-state index in [-0.39, 0.29) is 11.1 Å². The Balaban J connectivity index is 2.95. The van der Waals surface area contributed by atoms with Gasteiger partial charge in [-0.15, -0.1) is 0 Å². The van der Waals surface area contributed by atoms with Crippen LogP contribution in [-0.4, -0.2) is 24.0 Å². The lowest BCUT2D eigenvalue weighted by Crippen LogP contribution is -2.29. The number of halogens is 1. The molecular weight excluding hydrogens is 326 g/mol. The summed E-state index contributed by atoms with van der Waals surface area (Å²) in [5.41, 5.74) is 0.0218. The second-order valence-electron chi connectivity index (χ2n) is 4.72. The Bertz CT molecular complexity index is 452. The van der Waals surface area contributed by atoms with Crippen molar-refractivity contribution in [3.8, 4) is 11.5 Å². The van der Waals surface area contributed by atoms with Crippen LogP contribution in [0.15, 0.2) is 18.2 Å². The first-order chi connectivity index (χ1) is 9.51. The molecule has 5 nitrogen and oxygen atoms in total. The zero-order valence-corrected chi connectivity index (χ0v) is 13.6. The highest BCUT2D eigenvalue weighted by atomic mass is 79.9. The van der Waals surface area contributed by atoms with Crippen LogP contribution >= 0.6 is 15.9 Å². The van der Waals surface area contributed by atoms with Gasteiger partial charge in [-0.1, -0.05) is 29.8 Å². The first kappa shape index (κ1) is 16.8. The highest BCUT2D eigenvalue weighted by Gasteiger charge is 2.26. The maximum absolute atomic E-state index is 10.8. The van der Waals surface area contributed by atoms with Gasteiger partial charge in [-0.25, -0.2) is 0 Å². The van der Waals surface area contributed by atoms with Gasteiger partial charge in [-0.3, -0.25) is 10.1 Å². The molecule has 0 saturated heterocycles. The number of hydrogen-bond donors (Lipinski definition) is 0. The summed E-state index contributed by atoms with van der Waals surface area (Å²) in [7, 11) is 1.52. The SMILES string of the molecule is CCC(CC)(CBr)COc1cc([N+](=O)[O-])ccc1OC. The summed E-state index contributed by atoms with van der Waals surface area (Å²) < 4.78 is 11.0. The van der Waals surface area contributed by atoms with E-state index in [9.17, 15) is 10.1 Å². The number of nitrogens with zero attached hydrogens (tertiary/aromatic N) is 1. The molecule has 1 aromatic carbocycles. The molecule has 0 amide bonds. The van der Waals surface area contributed by atoms with Gasteiger partial charge in [0.25, 0.3) is 5.69 Å². The van der Waals surface area contributed by atoms with Crippen LogP contribution in [0.2, 0.25) is 0 Å². The Kier molecular flexibility index (Phi) is 6.26. The fraction of sp³-hybridized carbons (Fsp3) is 0.571. The van der Waals surface area contributed by atoms with Crippen molar-refractivity contribution in [1.82, 2.24) is 0 Å². The van der Waals surface area contributed by atoms with E-state index in [1.165, 1.54) is 19.2 Å². The number of non-ortho nitro benzene ring substituents is 1. The Morgan fingerprint density at radius 1 is 1.30 bits per heavy atom. The molecule has 1 aromatic rings. The molecule has 0 unspecified atom stereocenters. The summed E-state index contributed by atoms with van der Waals surface area (Å²) in [4.78, 5) is 10.4. The largest absolute Gasteiger partial charge is 0.493 e. The van der Waals surface area contributed by atoms with Crippen molar-refractivity contribution >= 4 is 21.6 Å². The molecule has 0 bridgehead atoms. The molecule has 0 aliphatic heterocycles. The first-order valence-electron chi connectivity index (χ1n) is 6.53. The van der Waals surface area contributed by atoms with Gasteiger partial charge in [0.2, 0.25) is 0 Å². The van der Waals surface area contributed by atoms with Crippen LogP contribution in [0, 0.1) is 15.5 Å². The molecule has 0 aromatic heterocycles. The molecule has 0 saturated carbocycles. The predicted octanol–water partition coefficient (Wildman–Crippen LogP) is 4.18. The van der Waals surface area contributed by atoms with E-state index < -0.39 is 4.92 Å². The van der Waals surface area contributed by atoms with Crippen LogP contribution < -0.4 is 9.47 Å². The average molecular weight is 346 g/mol. The third kappa shape index (κ3) is 3.85. The van der Waals surface area contributed by atoms with Crippen molar-refractivity contribution in [2.45, 2.75) is 26.7 Å². The molecule has 0 fully saturated rings. The molecule has 0 aliphatic rings. The second-order valence-corrected chi connectivity index (χ2v) is 5.28. The Labute approximate surface area is 127 Å². The van der Waals surface area contributed by atoms with Gasteiger partial charge in [0.15, 0.2) is 11.5 Å². The molecule has 112 valence electrons. The minimum Gasteiger partial charge on any atom is -0.493 e. The number of nitro benzene ring substituents is 1. The number of hydrogen-bond acceptors (Lipinski definition) is 4. The van der Waals surface area contributed by atoms with E-state index in [0.717, 1.165) is 18.2 Å². The van der Waals surface area contributed by atoms with Gasteiger partial charge in [-0.05, 0) is 18.9 Å². The fourth-order valence-corrected chi connectivity index (χ4v) is 2.76. The molecular formula is C14H20BrNO4. The third-order valence-corrected chi connectivity index (χ3v) is 4.86. The van der Waals surface area contributed by atoms with E-state index in [4.69, 9.17) is 9.47 Å². The smallest absolute Gasteiger partial charge is 0.273 e. The number of rotatable bonds is 8. The lowest BCUT2D eigenvalue weighted by Gasteiger charge is -2.29. The molecule has 0 atom stereocenters. The average Bonchev–Trinajstić information content (AvgIpc) is 2.49. The molecule has 0 N–H and O–H groups in total. The minimum absolute atomic E-state index is 0.00163. The zero-order valence-electron chi connectivity index (χ0n) is 12.0. The fourth-order valence-electron chi connectivity index (χ4n) is 1.80. The van der Waals surface area contributed by atoms with E-state index in [1.807, 2.05) is 0 Å². The monoisotopic (exact) mass is 345 g/mol. The standard InChI is InChI=1S/C14H20BrNO4/c1-4-14(5-2,9-15)10-20-13-8-11(16(17)18)6-7-12(13)19-3/h6-8H,4-5,9-10H2,1-3H3. The Morgan fingerprint density at radius 2 is 1.95 bits per heavy atom. The third-order valence-electron chi connectivity index (χ3n) is 3.68. The summed E-state index contributed by atoms with van der Waals surface area (Å²) in [6, 6.07) is 4.37. The van der Waals surface area contributed by atoms with Gasteiger partial charge < -0.3 is 9.47 Å². The van der Waals surface area contributed by atoms with Crippen LogP contribution in [-0.2, 0) is 0 Å². The normalized spacial score (nSPS) is 11.2. The van der Waals surface area contributed by atoms with Gasteiger partial charge in [0.05, 0.1) is 24.7 Å². The van der Waals surface area contributed by atoms with Crippen molar-refractivity contribution in [2.24, 2.45) is 5.41 Å². The number of benzene rings is 1. The maximum Gasteiger partial charge on any atom is 0.273 e. The molecule has 0 spiro atoms. The van der Waals surface area contributed by atoms with Gasteiger partial charge in [0, 0.05) is 16.8 Å². The summed E-state index contributed by atoms with van der Waals surface area (Å²) in [6.45, 7) is 4.71. The molecule has 20 heavy (non-hydrogen) atoms. The lowest BCUT2D eigenvalue weighted by molar-refractivity contribution is -0.385. The van der Waals surface area contributed by atoms with E-state index in [1.54, 1.807) is 6.07 Å².